The summed E-state index contributed by atoms with van der Waals surface area (Å²) in [6.45, 7) is 6.37. The number of rotatable bonds is 5. The molecule has 1 heterocycles. The minimum atomic E-state index is -0.885. The van der Waals surface area contributed by atoms with Crippen LogP contribution in [0.4, 0.5) is 0 Å². The summed E-state index contributed by atoms with van der Waals surface area (Å²) in [5.41, 5.74) is 5.10. The zero-order valence-corrected chi connectivity index (χ0v) is 17.0. The smallest absolute Gasteiger partial charge is 0.338 e. The number of aryl methyl sites for hydroxylation is 1. The highest BCUT2D eigenvalue weighted by Gasteiger charge is 2.24. The average Bonchev–Trinajstić information content (AvgIpc) is 2.68. The lowest BCUT2D eigenvalue weighted by atomic mass is 9.98. The predicted octanol–water partition coefficient (Wildman–Crippen LogP) is 5.26. The van der Waals surface area contributed by atoms with E-state index in [1.807, 2.05) is 18.2 Å². The molecule has 0 aliphatic carbocycles. The van der Waals surface area contributed by atoms with Crippen LogP contribution in [0.5, 0.6) is 0 Å². The van der Waals surface area contributed by atoms with Gasteiger partial charge in [-0.15, -0.1) is 0 Å². The molecule has 0 spiro atoms. The molecule has 0 saturated heterocycles. The van der Waals surface area contributed by atoms with Gasteiger partial charge in [-0.1, -0.05) is 37.3 Å². The maximum Gasteiger partial charge on any atom is 0.338 e. The molecular weight excluding hydrogens is 356 g/mol. The van der Waals surface area contributed by atoms with Gasteiger partial charge in [-0.3, -0.25) is 4.21 Å². The summed E-state index contributed by atoms with van der Waals surface area (Å²) < 4.78 is 17.6. The molecule has 27 heavy (non-hydrogen) atoms. The summed E-state index contributed by atoms with van der Waals surface area (Å²) in [6, 6.07) is 13.7. The van der Waals surface area contributed by atoms with Crippen LogP contribution >= 0.6 is 0 Å². The molecule has 0 amide bonds. The first-order valence-corrected chi connectivity index (χ1v) is 10.7. The zero-order chi connectivity index (χ0) is 19.4. The zero-order valence-electron chi connectivity index (χ0n) is 16.2. The molecule has 3 rings (SSSR count). The van der Waals surface area contributed by atoms with Gasteiger partial charge in [0.1, 0.15) is 0 Å². The number of ether oxygens (including phenoxy) is 1. The SMILES string of the molecule is CCOC(=O)c1ccc(/C=C(\C)c2ccc3c(c2)CC[C@@H](CC)S3=O)cc1. The average molecular weight is 383 g/mol. The lowest BCUT2D eigenvalue weighted by Crippen LogP contribution is -2.21. The standard InChI is InChI=1S/C23H26O3S/c1-4-21-12-10-20-15-19(11-13-22(20)27(21)25)16(3)14-17-6-8-18(9-7-17)23(24)26-5-2/h6-9,11,13-15,21H,4-5,10,12H2,1-3H3/b16-14+/t21-,27?/m1/s1. The second-order valence-electron chi connectivity index (χ2n) is 6.86. The molecule has 0 aromatic heterocycles. The third-order valence-corrected chi connectivity index (χ3v) is 7.04. The quantitative estimate of drug-likeness (QED) is 0.523. The van der Waals surface area contributed by atoms with Crippen molar-refractivity contribution in [2.75, 3.05) is 6.61 Å². The Morgan fingerprint density at radius 3 is 2.52 bits per heavy atom. The van der Waals surface area contributed by atoms with Gasteiger partial charge in [0.25, 0.3) is 0 Å². The molecule has 0 radical (unpaired) electrons. The van der Waals surface area contributed by atoms with Crippen LogP contribution in [0.2, 0.25) is 0 Å². The van der Waals surface area contributed by atoms with Crippen molar-refractivity contribution in [3.8, 4) is 0 Å². The van der Waals surface area contributed by atoms with Crippen LogP contribution in [0.1, 0.15) is 60.7 Å². The van der Waals surface area contributed by atoms with Gasteiger partial charge in [0.2, 0.25) is 0 Å². The molecule has 142 valence electrons. The van der Waals surface area contributed by atoms with Crippen molar-refractivity contribution in [3.63, 3.8) is 0 Å². The van der Waals surface area contributed by atoms with Gasteiger partial charge in [0, 0.05) is 10.1 Å². The number of carbonyl (C=O) groups is 1. The first-order chi connectivity index (χ1) is 13.0. The van der Waals surface area contributed by atoms with Gasteiger partial charge in [-0.25, -0.2) is 4.79 Å². The van der Waals surface area contributed by atoms with Crippen molar-refractivity contribution < 1.29 is 13.7 Å². The number of allylic oxidation sites excluding steroid dienone is 1. The maximum atomic E-state index is 12.6. The number of fused-ring (bicyclic) bond motifs is 1. The van der Waals surface area contributed by atoms with Crippen molar-refractivity contribution in [1.29, 1.82) is 0 Å². The number of benzene rings is 2. The van der Waals surface area contributed by atoms with E-state index < -0.39 is 10.8 Å². The second kappa shape index (κ2) is 8.66. The van der Waals surface area contributed by atoms with Crippen LogP contribution in [-0.2, 0) is 22.0 Å². The van der Waals surface area contributed by atoms with Crippen LogP contribution in [0, 0.1) is 0 Å². The van der Waals surface area contributed by atoms with E-state index in [0.29, 0.717) is 12.2 Å². The molecule has 1 unspecified atom stereocenters. The highest BCUT2D eigenvalue weighted by molar-refractivity contribution is 7.85. The van der Waals surface area contributed by atoms with Crippen LogP contribution < -0.4 is 0 Å². The van der Waals surface area contributed by atoms with Gasteiger partial charge in [-0.2, -0.15) is 0 Å². The Morgan fingerprint density at radius 2 is 1.85 bits per heavy atom. The normalized spacial score (nSPS) is 19.4. The Bertz CT molecular complexity index is 881. The first-order valence-electron chi connectivity index (χ1n) is 9.52. The molecule has 0 fully saturated rings. The van der Waals surface area contributed by atoms with Crippen LogP contribution in [0.25, 0.3) is 11.6 Å². The Balaban J connectivity index is 1.81. The van der Waals surface area contributed by atoms with Gasteiger partial charge < -0.3 is 4.74 Å². The van der Waals surface area contributed by atoms with Crippen molar-refractivity contribution in [1.82, 2.24) is 0 Å². The summed E-state index contributed by atoms with van der Waals surface area (Å²) in [7, 11) is -0.885. The van der Waals surface area contributed by atoms with Crippen molar-refractivity contribution in [2.24, 2.45) is 0 Å². The van der Waals surface area contributed by atoms with E-state index >= 15 is 0 Å². The van der Waals surface area contributed by atoms with E-state index in [-0.39, 0.29) is 11.2 Å². The first kappa shape index (κ1) is 19.6. The van der Waals surface area contributed by atoms with E-state index in [9.17, 15) is 9.00 Å². The topological polar surface area (TPSA) is 43.4 Å². The van der Waals surface area contributed by atoms with E-state index in [1.165, 1.54) is 5.56 Å². The van der Waals surface area contributed by atoms with E-state index in [2.05, 4.69) is 32.1 Å². The van der Waals surface area contributed by atoms with Crippen molar-refractivity contribution >= 4 is 28.4 Å². The molecule has 2 atom stereocenters. The summed E-state index contributed by atoms with van der Waals surface area (Å²) >= 11 is 0. The number of hydrogen-bond acceptors (Lipinski definition) is 3. The minimum absolute atomic E-state index is 0.290. The summed E-state index contributed by atoms with van der Waals surface area (Å²) in [5, 5.41) is 0.290. The molecule has 3 nitrogen and oxygen atoms in total. The lowest BCUT2D eigenvalue weighted by molar-refractivity contribution is 0.0526. The molecule has 1 aliphatic rings. The lowest BCUT2D eigenvalue weighted by Gasteiger charge is -2.23. The fraction of sp³-hybridized carbons (Fsp3) is 0.348. The van der Waals surface area contributed by atoms with Gasteiger partial charge in [0.05, 0.1) is 23.0 Å². The van der Waals surface area contributed by atoms with Gasteiger partial charge in [-0.05, 0) is 73.6 Å². The Morgan fingerprint density at radius 1 is 1.15 bits per heavy atom. The molecule has 0 saturated carbocycles. The molecular formula is C23H26O3S. The summed E-state index contributed by atoms with van der Waals surface area (Å²) in [5.74, 6) is -0.294. The highest BCUT2D eigenvalue weighted by Crippen LogP contribution is 2.31. The predicted molar refractivity (Wildman–Crippen MR) is 111 cm³/mol. The summed E-state index contributed by atoms with van der Waals surface area (Å²) in [4.78, 5) is 12.7. The van der Waals surface area contributed by atoms with Crippen molar-refractivity contribution in [3.05, 3.63) is 64.7 Å². The Labute approximate surface area is 163 Å². The van der Waals surface area contributed by atoms with E-state index in [4.69, 9.17) is 4.74 Å². The number of carbonyl (C=O) groups excluding carboxylic acids is 1. The Hall–Kier alpha value is -2.20. The third-order valence-electron chi connectivity index (χ3n) is 5.03. The summed E-state index contributed by atoms with van der Waals surface area (Å²) in [6.07, 6.45) is 5.06. The van der Waals surface area contributed by atoms with Crippen LogP contribution in [0.15, 0.2) is 47.4 Å². The van der Waals surface area contributed by atoms with E-state index in [0.717, 1.165) is 40.9 Å². The van der Waals surface area contributed by atoms with Crippen molar-refractivity contribution in [2.45, 2.75) is 50.2 Å². The molecule has 1 aliphatic heterocycles. The third kappa shape index (κ3) is 4.38. The fourth-order valence-corrected chi connectivity index (χ4v) is 5.05. The second-order valence-corrected chi connectivity index (χ2v) is 8.56. The largest absolute Gasteiger partial charge is 0.462 e. The molecule has 2 aromatic rings. The fourth-order valence-electron chi connectivity index (χ4n) is 3.44. The van der Waals surface area contributed by atoms with Crippen LogP contribution in [0.3, 0.4) is 0 Å². The van der Waals surface area contributed by atoms with E-state index in [1.54, 1.807) is 19.1 Å². The number of hydrogen-bond donors (Lipinski definition) is 0. The monoisotopic (exact) mass is 382 g/mol. The maximum absolute atomic E-state index is 12.6. The molecule has 0 N–H and O–H groups in total. The van der Waals surface area contributed by atoms with Crippen LogP contribution in [-0.4, -0.2) is 22.0 Å². The van der Waals surface area contributed by atoms with Gasteiger partial charge in [0.15, 0.2) is 0 Å². The Kier molecular flexibility index (Phi) is 6.27. The van der Waals surface area contributed by atoms with Gasteiger partial charge >= 0.3 is 5.97 Å². The number of esters is 1. The highest BCUT2D eigenvalue weighted by atomic mass is 32.2. The molecule has 4 heteroatoms. The molecule has 0 bridgehead atoms. The minimum Gasteiger partial charge on any atom is -0.462 e. The molecule has 2 aromatic carbocycles.